The maximum atomic E-state index is 14.7. The molecule has 1 aromatic carbocycles. The van der Waals surface area contributed by atoms with Gasteiger partial charge < -0.3 is 35.4 Å². The molecule has 6 amide bonds. The van der Waals surface area contributed by atoms with Crippen molar-refractivity contribution in [2.24, 2.45) is 23.7 Å². The van der Waals surface area contributed by atoms with Crippen molar-refractivity contribution in [2.75, 3.05) is 21.1 Å². The maximum Gasteiger partial charge on any atom is 0.329 e. The minimum absolute atomic E-state index is 0.0214. The normalized spacial score (nSPS) is 25.4. The van der Waals surface area contributed by atoms with Crippen LogP contribution in [0.1, 0.15) is 126 Å². The lowest BCUT2D eigenvalue weighted by Crippen LogP contribution is -2.60. The van der Waals surface area contributed by atoms with E-state index in [0.29, 0.717) is 12.0 Å². The Balaban J connectivity index is 2.84. The second-order valence-corrected chi connectivity index (χ2v) is 18.4. The molecule has 61 heavy (non-hydrogen) atoms. The molecule has 0 bridgehead atoms. The Labute approximate surface area is 363 Å². The average Bonchev–Trinajstić information content (AvgIpc) is 3.19. The van der Waals surface area contributed by atoms with Crippen molar-refractivity contribution in [1.29, 1.82) is 0 Å². The van der Waals surface area contributed by atoms with Gasteiger partial charge in [0.2, 0.25) is 29.5 Å². The molecule has 0 spiro atoms. The zero-order valence-corrected chi connectivity index (χ0v) is 39.0. The number of likely N-dealkylation sites (N-methyl/N-ethyl adjacent to an activating group) is 3. The van der Waals surface area contributed by atoms with Gasteiger partial charge in [-0.3, -0.25) is 28.8 Å². The van der Waals surface area contributed by atoms with E-state index in [-0.39, 0.29) is 55.8 Å². The minimum Gasteiger partial charge on any atom is -0.451 e. The molecule has 1 aromatic rings. The van der Waals surface area contributed by atoms with Gasteiger partial charge in [-0.05, 0) is 87.3 Å². The summed E-state index contributed by atoms with van der Waals surface area (Å²) in [6.07, 6.45) is 2.64. The van der Waals surface area contributed by atoms with Crippen LogP contribution in [0, 0.1) is 29.5 Å². The molecule has 1 fully saturated rings. The summed E-state index contributed by atoms with van der Waals surface area (Å²) in [5, 5.41) is 8.57. The van der Waals surface area contributed by atoms with E-state index in [1.807, 2.05) is 48.5 Å². The molecular formula is C46H75FN6O8. The molecule has 0 radical (unpaired) electrons. The van der Waals surface area contributed by atoms with Crippen LogP contribution in [0.4, 0.5) is 4.39 Å². The SMILES string of the molecule is CCCC[C@H](C)C[C@@H]1NC(=O)[C@H](Cc2ccc(F)cc2)N(C)C(=O)[C@H](CC(C)C)NC(=O)[C@H](CCC(C)C)N(C)C(=O)[C@H](CC(C)C)NC(=O)[C@@H](C)OC(=O)[C@H](C)N(C)C1=O. The predicted molar refractivity (Wildman–Crippen MR) is 233 cm³/mol. The highest BCUT2D eigenvalue weighted by Crippen LogP contribution is 2.21. The van der Waals surface area contributed by atoms with Crippen molar-refractivity contribution in [1.82, 2.24) is 30.7 Å². The van der Waals surface area contributed by atoms with Gasteiger partial charge in [0.15, 0.2) is 6.10 Å². The number of nitrogens with one attached hydrogen (secondary N) is 3. The topological polar surface area (TPSA) is 175 Å². The van der Waals surface area contributed by atoms with Crippen LogP contribution < -0.4 is 16.0 Å². The summed E-state index contributed by atoms with van der Waals surface area (Å²) in [5.41, 5.74) is 0.547. The number of cyclic esters (lactones) is 1. The van der Waals surface area contributed by atoms with E-state index < -0.39 is 89.6 Å². The van der Waals surface area contributed by atoms with Crippen LogP contribution in [0.15, 0.2) is 24.3 Å². The maximum absolute atomic E-state index is 14.7. The Morgan fingerprint density at radius 2 is 1.08 bits per heavy atom. The number of carbonyl (C=O) groups excluding carboxylic acids is 7. The molecule has 15 heteroatoms. The number of ether oxygens (including phenoxy) is 1. The molecule has 2 rings (SSSR count). The van der Waals surface area contributed by atoms with Gasteiger partial charge in [-0.1, -0.05) is 86.8 Å². The predicted octanol–water partition coefficient (Wildman–Crippen LogP) is 5.01. The zero-order valence-electron chi connectivity index (χ0n) is 39.0. The molecule has 14 nitrogen and oxygen atoms in total. The summed E-state index contributed by atoms with van der Waals surface area (Å²) in [6.45, 7) is 18.4. The van der Waals surface area contributed by atoms with Crippen LogP contribution >= 0.6 is 0 Å². The molecular weight excluding hydrogens is 784 g/mol. The van der Waals surface area contributed by atoms with Crippen LogP contribution in [0.5, 0.6) is 0 Å². The van der Waals surface area contributed by atoms with Gasteiger partial charge in [0.1, 0.15) is 42.1 Å². The number of hydrogen-bond acceptors (Lipinski definition) is 8. The summed E-state index contributed by atoms with van der Waals surface area (Å²) < 4.78 is 19.6. The van der Waals surface area contributed by atoms with Gasteiger partial charge >= 0.3 is 5.97 Å². The standard InChI is InChI=1S/C46H75FN6O8/c1-14-15-16-30(8)25-37-43(57)51(11)31(9)46(60)61-32(10)40(54)48-35(23-28(4)5)44(58)52(12)38(22-17-27(2)3)41(55)49-36(24-29(6)7)45(59)53(13)39(42(56)50-37)26-33-18-20-34(47)21-19-33/h18-21,27-32,35-39H,14-17,22-26H2,1-13H3,(H,48,54)(H,49,55)(H,50,56)/t30-,31-,32+,35-,36-,37-,38-,39-/m0/s1. The quantitative estimate of drug-likeness (QED) is 0.219. The van der Waals surface area contributed by atoms with Gasteiger partial charge in [-0.2, -0.15) is 0 Å². The first-order chi connectivity index (χ1) is 28.5. The summed E-state index contributed by atoms with van der Waals surface area (Å²) in [7, 11) is 4.37. The molecule has 344 valence electrons. The summed E-state index contributed by atoms with van der Waals surface area (Å²) in [6, 6.07) is -1.21. The molecule has 0 saturated carbocycles. The molecule has 8 atom stereocenters. The third kappa shape index (κ3) is 16.3. The van der Waals surface area contributed by atoms with E-state index in [0.717, 1.165) is 19.3 Å². The van der Waals surface area contributed by atoms with Crippen LogP contribution in [0.3, 0.4) is 0 Å². The van der Waals surface area contributed by atoms with Gasteiger partial charge in [0, 0.05) is 27.6 Å². The van der Waals surface area contributed by atoms with Crippen molar-refractivity contribution in [3.05, 3.63) is 35.6 Å². The van der Waals surface area contributed by atoms with E-state index in [4.69, 9.17) is 4.74 Å². The number of hydrogen-bond donors (Lipinski definition) is 3. The number of amides is 6. The first-order valence-corrected chi connectivity index (χ1v) is 22.1. The third-order valence-electron chi connectivity index (χ3n) is 11.5. The number of nitrogens with zero attached hydrogens (tertiary/aromatic N) is 3. The lowest BCUT2D eigenvalue weighted by Gasteiger charge is -2.35. The fourth-order valence-electron chi connectivity index (χ4n) is 7.47. The number of halogens is 1. The molecule has 1 aliphatic rings. The number of esters is 1. The minimum atomic E-state index is -1.35. The Bertz CT molecular complexity index is 1640. The Morgan fingerprint density at radius 1 is 0.623 bits per heavy atom. The van der Waals surface area contributed by atoms with E-state index in [1.54, 1.807) is 0 Å². The van der Waals surface area contributed by atoms with E-state index in [1.165, 1.54) is 74.0 Å². The molecule has 1 saturated heterocycles. The van der Waals surface area contributed by atoms with Gasteiger partial charge in [0.25, 0.3) is 5.91 Å². The van der Waals surface area contributed by atoms with Crippen molar-refractivity contribution in [3.8, 4) is 0 Å². The largest absolute Gasteiger partial charge is 0.451 e. The van der Waals surface area contributed by atoms with Gasteiger partial charge in [0.05, 0.1) is 0 Å². The van der Waals surface area contributed by atoms with Crippen molar-refractivity contribution >= 4 is 41.4 Å². The summed E-state index contributed by atoms with van der Waals surface area (Å²) in [5.74, 6) is -5.01. The van der Waals surface area contributed by atoms with Crippen LogP contribution in [0.2, 0.25) is 0 Å². The van der Waals surface area contributed by atoms with E-state index >= 15 is 0 Å². The molecule has 0 aliphatic carbocycles. The first-order valence-electron chi connectivity index (χ1n) is 22.1. The van der Waals surface area contributed by atoms with Crippen LogP contribution in [0.25, 0.3) is 0 Å². The number of benzene rings is 1. The van der Waals surface area contributed by atoms with Crippen LogP contribution in [-0.4, -0.2) is 120 Å². The van der Waals surface area contributed by atoms with Crippen molar-refractivity contribution < 1.29 is 42.7 Å². The Hall–Kier alpha value is -4.56. The first kappa shape index (κ1) is 52.6. The monoisotopic (exact) mass is 859 g/mol. The molecule has 1 heterocycles. The highest BCUT2D eigenvalue weighted by molar-refractivity contribution is 5.97. The summed E-state index contributed by atoms with van der Waals surface area (Å²) >= 11 is 0. The van der Waals surface area contributed by atoms with Crippen molar-refractivity contribution in [2.45, 2.75) is 169 Å². The molecule has 0 unspecified atom stereocenters. The van der Waals surface area contributed by atoms with Gasteiger partial charge in [-0.25, -0.2) is 9.18 Å². The van der Waals surface area contributed by atoms with E-state index in [9.17, 15) is 38.0 Å². The number of rotatable bonds is 14. The highest BCUT2D eigenvalue weighted by atomic mass is 19.1. The lowest BCUT2D eigenvalue weighted by atomic mass is 9.94. The molecule has 3 N–H and O–H groups in total. The smallest absolute Gasteiger partial charge is 0.329 e. The Morgan fingerprint density at radius 3 is 1.57 bits per heavy atom. The molecule has 0 aromatic heterocycles. The fourth-order valence-corrected chi connectivity index (χ4v) is 7.47. The second kappa shape index (κ2) is 24.8. The third-order valence-corrected chi connectivity index (χ3v) is 11.5. The average molecular weight is 859 g/mol. The highest BCUT2D eigenvalue weighted by Gasteiger charge is 2.40. The number of carbonyl (C=O) groups is 7. The lowest BCUT2D eigenvalue weighted by molar-refractivity contribution is -0.162. The zero-order chi connectivity index (χ0) is 46.3. The number of unbranched alkanes of at least 4 members (excludes halogenated alkanes) is 1. The molecule has 1 aliphatic heterocycles. The second-order valence-electron chi connectivity index (χ2n) is 18.4. The van der Waals surface area contributed by atoms with Crippen molar-refractivity contribution in [3.63, 3.8) is 0 Å². The summed E-state index contributed by atoms with van der Waals surface area (Å²) in [4.78, 5) is 103. The fraction of sp³-hybridized carbons (Fsp3) is 0.717. The van der Waals surface area contributed by atoms with Gasteiger partial charge in [-0.15, -0.1) is 0 Å². The van der Waals surface area contributed by atoms with Crippen LogP contribution in [-0.2, 0) is 44.7 Å². The van der Waals surface area contributed by atoms with E-state index in [2.05, 4.69) is 22.9 Å². The Kier molecular flexibility index (Phi) is 21.4.